The van der Waals surface area contributed by atoms with Crippen LogP contribution in [0.3, 0.4) is 0 Å². The number of ether oxygens (including phenoxy) is 1. The van der Waals surface area contributed by atoms with Gasteiger partial charge in [-0.1, -0.05) is 54.4 Å². The fraction of sp³-hybridized carbons (Fsp3) is 0.333. The Bertz CT molecular complexity index is 1410. The van der Waals surface area contributed by atoms with Gasteiger partial charge in [0.25, 0.3) is 10.0 Å². The van der Waals surface area contributed by atoms with Crippen molar-refractivity contribution in [2.24, 2.45) is 0 Å². The maximum Gasteiger partial charge on any atom is 0.264 e. The van der Waals surface area contributed by atoms with E-state index in [0.717, 1.165) is 15.4 Å². The molecule has 8 nitrogen and oxygen atoms in total. The van der Waals surface area contributed by atoms with Crippen molar-refractivity contribution in [2.75, 3.05) is 18.0 Å². The predicted molar refractivity (Wildman–Crippen MR) is 158 cm³/mol. The number of anilines is 1. The SMILES string of the molecule is CCC(C(=O)NC(C)C)N(Cc1ccc(C)cc1)C(=O)CN(c1cccc(Cl)c1)S(=O)(=O)c1ccc(OC)cc1. The Balaban J connectivity index is 2.06. The van der Waals surface area contributed by atoms with Crippen molar-refractivity contribution in [1.29, 1.82) is 0 Å². The van der Waals surface area contributed by atoms with E-state index in [1.165, 1.54) is 42.3 Å². The number of rotatable bonds is 12. The average Bonchev–Trinajstić information content (AvgIpc) is 2.92. The largest absolute Gasteiger partial charge is 0.497 e. The quantitative estimate of drug-likeness (QED) is 0.316. The molecule has 3 aromatic carbocycles. The number of hydrogen-bond acceptors (Lipinski definition) is 5. The van der Waals surface area contributed by atoms with Gasteiger partial charge in [-0.3, -0.25) is 13.9 Å². The number of hydrogen-bond donors (Lipinski definition) is 1. The minimum Gasteiger partial charge on any atom is -0.497 e. The normalized spacial score (nSPS) is 12.1. The van der Waals surface area contributed by atoms with Crippen LogP contribution in [0.2, 0.25) is 5.02 Å². The number of amides is 2. The average molecular weight is 586 g/mol. The lowest BCUT2D eigenvalue weighted by Gasteiger charge is -2.33. The Kier molecular flexibility index (Phi) is 10.6. The summed E-state index contributed by atoms with van der Waals surface area (Å²) in [5.74, 6) is -0.329. The first-order chi connectivity index (χ1) is 19.0. The monoisotopic (exact) mass is 585 g/mol. The molecule has 0 aliphatic rings. The van der Waals surface area contributed by atoms with Crippen LogP contribution in [0.5, 0.6) is 5.75 Å². The minimum atomic E-state index is -4.20. The molecule has 0 saturated heterocycles. The summed E-state index contributed by atoms with van der Waals surface area (Å²) in [6.45, 7) is 7.08. The predicted octanol–water partition coefficient (Wildman–Crippen LogP) is 5.18. The second-order valence-corrected chi connectivity index (χ2v) is 12.1. The fourth-order valence-corrected chi connectivity index (χ4v) is 5.82. The van der Waals surface area contributed by atoms with Crippen LogP contribution in [0.1, 0.15) is 38.3 Å². The Labute approximate surface area is 241 Å². The zero-order chi connectivity index (χ0) is 29.4. The highest BCUT2D eigenvalue weighted by atomic mass is 35.5. The molecule has 0 spiro atoms. The molecule has 3 rings (SSSR count). The molecule has 0 bridgehead atoms. The van der Waals surface area contributed by atoms with Crippen LogP contribution in [0, 0.1) is 6.92 Å². The smallest absolute Gasteiger partial charge is 0.264 e. The third-order valence-electron chi connectivity index (χ3n) is 6.31. The topological polar surface area (TPSA) is 96.0 Å². The van der Waals surface area contributed by atoms with Gasteiger partial charge in [-0.15, -0.1) is 0 Å². The van der Waals surface area contributed by atoms with Gasteiger partial charge in [0.05, 0.1) is 17.7 Å². The lowest BCUT2D eigenvalue weighted by Crippen LogP contribution is -2.53. The van der Waals surface area contributed by atoms with Crippen LogP contribution in [-0.4, -0.2) is 50.9 Å². The molecule has 0 aliphatic heterocycles. The molecule has 3 aromatic rings. The van der Waals surface area contributed by atoms with Crippen molar-refractivity contribution < 1.29 is 22.7 Å². The van der Waals surface area contributed by atoms with Crippen molar-refractivity contribution in [3.8, 4) is 5.75 Å². The van der Waals surface area contributed by atoms with Crippen molar-refractivity contribution in [2.45, 2.75) is 57.6 Å². The standard InChI is InChI=1S/C30H36ClN3O5S/c1-6-28(30(36)32-21(2)3)33(19-23-12-10-22(4)11-13-23)29(35)20-34(25-9-7-8-24(31)18-25)40(37,38)27-16-14-26(39-5)15-17-27/h7-18,21,28H,6,19-20H2,1-5H3,(H,32,36). The number of nitrogens with one attached hydrogen (secondary N) is 1. The zero-order valence-electron chi connectivity index (χ0n) is 23.4. The van der Waals surface area contributed by atoms with Gasteiger partial charge in [-0.25, -0.2) is 8.42 Å². The third kappa shape index (κ3) is 7.76. The third-order valence-corrected chi connectivity index (χ3v) is 8.34. The first-order valence-electron chi connectivity index (χ1n) is 13.0. The van der Waals surface area contributed by atoms with Gasteiger partial charge >= 0.3 is 0 Å². The van der Waals surface area contributed by atoms with Gasteiger partial charge in [-0.05, 0) is 75.2 Å². The number of nitrogens with zero attached hydrogens (tertiary/aromatic N) is 2. The van der Waals surface area contributed by atoms with Gasteiger partial charge in [0.2, 0.25) is 11.8 Å². The van der Waals surface area contributed by atoms with Crippen molar-refractivity contribution in [1.82, 2.24) is 10.2 Å². The molecule has 0 radical (unpaired) electrons. The summed E-state index contributed by atoms with van der Waals surface area (Å²) in [5.41, 5.74) is 2.11. The first kappa shape index (κ1) is 31.0. The van der Waals surface area contributed by atoms with Gasteiger partial charge in [0.1, 0.15) is 18.3 Å². The summed E-state index contributed by atoms with van der Waals surface area (Å²) in [6.07, 6.45) is 0.346. The van der Waals surface area contributed by atoms with E-state index in [0.29, 0.717) is 17.2 Å². The molecule has 10 heteroatoms. The van der Waals surface area contributed by atoms with Gasteiger partial charge in [0.15, 0.2) is 0 Å². The number of carbonyl (C=O) groups is 2. The van der Waals surface area contributed by atoms with E-state index in [-0.39, 0.29) is 29.1 Å². The molecule has 40 heavy (non-hydrogen) atoms. The molecule has 1 atom stereocenters. The lowest BCUT2D eigenvalue weighted by molar-refractivity contribution is -0.140. The summed E-state index contributed by atoms with van der Waals surface area (Å²) in [7, 11) is -2.71. The molecule has 0 aliphatic carbocycles. The molecule has 0 fully saturated rings. The number of aryl methyl sites for hydroxylation is 1. The summed E-state index contributed by atoms with van der Waals surface area (Å²) in [6, 6.07) is 18.9. The molecule has 1 unspecified atom stereocenters. The highest BCUT2D eigenvalue weighted by Crippen LogP contribution is 2.28. The van der Waals surface area contributed by atoms with Crippen LogP contribution in [-0.2, 0) is 26.2 Å². The lowest BCUT2D eigenvalue weighted by atomic mass is 10.1. The van der Waals surface area contributed by atoms with E-state index in [2.05, 4.69) is 5.32 Å². The van der Waals surface area contributed by atoms with Crippen molar-refractivity contribution >= 4 is 39.1 Å². The van der Waals surface area contributed by atoms with E-state index < -0.39 is 28.5 Å². The molecule has 0 saturated carbocycles. The highest BCUT2D eigenvalue weighted by Gasteiger charge is 2.34. The summed E-state index contributed by atoms with van der Waals surface area (Å²) in [4.78, 5) is 28.7. The number of halogens is 1. The Morgan fingerprint density at radius 1 is 1.00 bits per heavy atom. The molecule has 2 amide bonds. The number of carbonyl (C=O) groups excluding carboxylic acids is 2. The molecule has 1 N–H and O–H groups in total. The Morgan fingerprint density at radius 2 is 1.65 bits per heavy atom. The molecule has 0 heterocycles. The van der Waals surface area contributed by atoms with Crippen molar-refractivity contribution in [3.63, 3.8) is 0 Å². The van der Waals surface area contributed by atoms with Gasteiger partial charge in [-0.2, -0.15) is 0 Å². The van der Waals surface area contributed by atoms with Crippen LogP contribution in [0.15, 0.2) is 77.7 Å². The summed E-state index contributed by atoms with van der Waals surface area (Å²) >= 11 is 6.22. The van der Waals surface area contributed by atoms with E-state index in [1.807, 2.05) is 52.0 Å². The Hall–Kier alpha value is -3.56. The van der Waals surface area contributed by atoms with E-state index in [4.69, 9.17) is 16.3 Å². The van der Waals surface area contributed by atoms with Crippen LogP contribution in [0.4, 0.5) is 5.69 Å². The second-order valence-electron chi connectivity index (χ2n) is 9.76. The number of benzene rings is 3. The van der Waals surface area contributed by atoms with Crippen LogP contribution in [0.25, 0.3) is 0 Å². The Morgan fingerprint density at radius 3 is 2.20 bits per heavy atom. The second kappa shape index (κ2) is 13.7. The maximum atomic E-state index is 14.0. The maximum absolute atomic E-state index is 14.0. The van der Waals surface area contributed by atoms with Crippen molar-refractivity contribution in [3.05, 3.63) is 88.9 Å². The summed E-state index contributed by atoms with van der Waals surface area (Å²) in [5, 5.41) is 3.21. The summed E-state index contributed by atoms with van der Waals surface area (Å²) < 4.78 is 34.0. The zero-order valence-corrected chi connectivity index (χ0v) is 25.0. The van der Waals surface area contributed by atoms with E-state index >= 15 is 0 Å². The highest BCUT2D eigenvalue weighted by molar-refractivity contribution is 7.92. The fourth-order valence-electron chi connectivity index (χ4n) is 4.23. The van der Waals surface area contributed by atoms with E-state index in [9.17, 15) is 18.0 Å². The molecular weight excluding hydrogens is 550 g/mol. The first-order valence-corrected chi connectivity index (χ1v) is 14.9. The molecular formula is C30H36ClN3O5S. The van der Waals surface area contributed by atoms with Crippen LogP contribution < -0.4 is 14.4 Å². The van der Waals surface area contributed by atoms with E-state index in [1.54, 1.807) is 18.2 Å². The minimum absolute atomic E-state index is 0.0178. The molecule has 214 valence electrons. The number of methoxy groups -OCH3 is 1. The van der Waals surface area contributed by atoms with Gasteiger partial charge in [0, 0.05) is 17.6 Å². The van der Waals surface area contributed by atoms with Crippen LogP contribution >= 0.6 is 11.6 Å². The van der Waals surface area contributed by atoms with Gasteiger partial charge < -0.3 is 15.0 Å². The molecule has 0 aromatic heterocycles. The number of sulfonamides is 1.